The van der Waals surface area contributed by atoms with Gasteiger partial charge >= 0.3 is 0 Å². The van der Waals surface area contributed by atoms with Crippen molar-refractivity contribution in [1.82, 2.24) is 19.8 Å². The fourth-order valence-electron chi connectivity index (χ4n) is 5.44. The van der Waals surface area contributed by atoms with Gasteiger partial charge in [-0.2, -0.15) is 0 Å². The molecule has 0 spiro atoms. The third-order valence-corrected chi connectivity index (χ3v) is 7.99. The normalized spacial score (nSPS) is 22.6. The van der Waals surface area contributed by atoms with Gasteiger partial charge in [0.25, 0.3) is 5.92 Å². The zero-order valence-electron chi connectivity index (χ0n) is 19.2. The fourth-order valence-corrected chi connectivity index (χ4v) is 6.61. The van der Waals surface area contributed by atoms with E-state index >= 15 is 0 Å². The van der Waals surface area contributed by atoms with Crippen molar-refractivity contribution in [3.05, 3.63) is 51.6 Å². The predicted molar refractivity (Wildman–Crippen MR) is 127 cm³/mol. The maximum atomic E-state index is 14.2. The predicted octanol–water partition coefficient (Wildman–Crippen LogP) is 5.45. The van der Waals surface area contributed by atoms with E-state index in [0.29, 0.717) is 12.3 Å². The lowest BCUT2D eigenvalue weighted by atomic mass is 9.91. The van der Waals surface area contributed by atoms with Gasteiger partial charge in [-0.25, -0.2) is 13.8 Å². The largest absolute Gasteiger partial charge is 0.357 e. The molecule has 1 aromatic carbocycles. The molecule has 0 unspecified atom stereocenters. The van der Waals surface area contributed by atoms with Crippen LogP contribution in [0.5, 0.6) is 0 Å². The number of alkyl halides is 3. The molecule has 3 aromatic rings. The minimum Gasteiger partial charge on any atom is -0.357 e. The highest BCUT2D eigenvalue weighted by Gasteiger charge is 2.40. The van der Waals surface area contributed by atoms with E-state index in [1.54, 1.807) is 11.3 Å². The van der Waals surface area contributed by atoms with Crippen LogP contribution < -0.4 is 0 Å². The monoisotopic (exact) mass is 476 g/mol. The lowest BCUT2D eigenvalue weighted by molar-refractivity contribution is -0.0362. The van der Waals surface area contributed by atoms with Gasteiger partial charge < -0.3 is 9.88 Å². The number of para-hydroxylation sites is 1. The number of hydrogen-bond donors (Lipinski definition) is 1. The molecular formula is C25H31F3N4S. The summed E-state index contributed by atoms with van der Waals surface area (Å²) in [6.45, 7) is 5.28. The van der Waals surface area contributed by atoms with Crippen LogP contribution in [0.15, 0.2) is 30.5 Å². The molecule has 5 rings (SSSR count). The van der Waals surface area contributed by atoms with Gasteiger partial charge in [0.15, 0.2) is 0 Å². The maximum absolute atomic E-state index is 14.2. The maximum Gasteiger partial charge on any atom is 0.257 e. The van der Waals surface area contributed by atoms with Gasteiger partial charge in [-0.05, 0) is 37.3 Å². The van der Waals surface area contributed by atoms with Gasteiger partial charge in [0.2, 0.25) is 0 Å². The SMILES string of the molecule is C[C@@H]1Cc2c([nH]c3ccccc23)[C@@H](c2cnc(CC3CN(CCCF)C3)s2)N1CC(C)(F)F. The molecule has 2 aromatic heterocycles. The van der Waals surface area contributed by atoms with Crippen molar-refractivity contribution in [2.75, 3.05) is 32.9 Å². The molecule has 2 aliphatic rings. The summed E-state index contributed by atoms with van der Waals surface area (Å²) in [6.07, 6.45) is 4.12. The van der Waals surface area contributed by atoms with Gasteiger partial charge in [0.05, 0.1) is 24.3 Å². The highest BCUT2D eigenvalue weighted by Crippen LogP contribution is 2.43. The lowest BCUT2D eigenvalue weighted by Crippen LogP contribution is -2.47. The van der Waals surface area contributed by atoms with Crippen LogP contribution in [0.2, 0.25) is 0 Å². The number of benzene rings is 1. The van der Waals surface area contributed by atoms with Gasteiger partial charge in [-0.15, -0.1) is 11.3 Å². The number of fused-ring (bicyclic) bond motifs is 3. The molecule has 178 valence electrons. The summed E-state index contributed by atoms with van der Waals surface area (Å²) >= 11 is 1.65. The third-order valence-electron chi connectivity index (χ3n) is 6.92. The van der Waals surface area contributed by atoms with Crippen molar-refractivity contribution in [3.8, 4) is 0 Å². The van der Waals surface area contributed by atoms with Crippen molar-refractivity contribution in [3.63, 3.8) is 0 Å². The number of nitrogens with zero attached hydrogens (tertiary/aromatic N) is 3. The Morgan fingerprint density at radius 3 is 2.79 bits per heavy atom. The average molecular weight is 477 g/mol. The van der Waals surface area contributed by atoms with Crippen LogP contribution in [0.4, 0.5) is 13.2 Å². The summed E-state index contributed by atoms with van der Waals surface area (Å²) in [7, 11) is 0. The number of nitrogens with one attached hydrogen (secondary N) is 1. The molecule has 2 atom stereocenters. The van der Waals surface area contributed by atoms with E-state index in [0.717, 1.165) is 60.5 Å². The molecule has 0 amide bonds. The highest BCUT2D eigenvalue weighted by atomic mass is 32.1. The van der Waals surface area contributed by atoms with Crippen LogP contribution in [-0.4, -0.2) is 64.6 Å². The molecule has 4 heterocycles. The first-order valence-electron chi connectivity index (χ1n) is 11.8. The summed E-state index contributed by atoms with van der Waals surface area (Å²) in [5.41, 5.74) is 3.31. The summed E-state index contributed by atoms with van der Waals surface area (Å²) in [5, 5.41) is 2.24. The lowest BCUT2D eigenvalue weighted by Gasteiger charge is -2.41. The number of rotatable bonds is 8. The summed E-state index contributed by atoms with van der Waals surface area (Å²) < 4.78 is 40.8. The topological polar surface area (TPSA) is 35.2 Å². The molecule has 0 radical (unpaired) electrons. The number of halogens is 3. The molecule has 1 saturated heterocycles. The molecule has 8 heteroatoms. The van der Waals surface area contributed by atoms with Crippen molar-refractivity contribution in [2.24, 2.45) is 5.92 Å². The molecule has 1 N–H and O–H groups in total. The van der Waals surface area contributed by atoms with Crippen LogP contribution in [0.1, 0.15) is 47.5 Å². The molecule has 0 saturated carbocycles. The van der Waals surface area contributed by atoms with Gasteiger partial charge in [-0.1, -0.05) is 18.2 Å². The minimum absolute atomic E-state index is 0.00576. The zero-order chi connectivity index (χ0) is 23.2. The molecule has 2 aliphatic heterocycles. The number of thiazole rings is 1. The second-order valence-corrected chi connectivity index (χ2v) is 10.9. The molecule has 0 aliphatic carbocycles. The zero-order valence-corrected chi connectivity index (χ0v) is 20.0. The van der Waals surface area contributed by atoms with Gasteiger partial charge in [0, 0.05) is 66.7 Å². The smallest absolute Gasteiger partial charge is 0.257 e. The number of hydrogen-bond acceptors (Lipinski definition) is 4. The Morgan fingerprint density at radius 2 is 2.03 bits per heavy atom. The average Bonchev–Trinajstić information content (AvgIpc) is 3.34. The first-order valence-corrected chi connectivity index (χ1v) is 12.6. The minimum atomic E-state index is -2.78. The second kappa shape index (κ2) is 9.04. The molecular weight excluding hydrogens is 445 g/mol. The van der Waals surface area contributed by atoms with Crippen molar-refractivity contribution < 1.29 is 13.2 Å². The van der Waals surface area contributed by atoms with Crippen molar-refractivity contribution in [1.29, 1.82) is 0 Å². The molecule has 0 bridgehead atoms. The van der Waals surface area contributed by atoms with E-state index < -0.39 is 5.92 Å². The van der Waals surface area contributed by atoms with Crippen molar-refractivity contribution >= 4 is 22.2 Å². The summed E-state index contributed by atoms with van der Waals surface area (Å²) in [6, 6.07) is 7.94. The van der Waals surface area contributed by atoms with E-state index in [2.05, 4.69) is 22.0 Å². The van der Waals surface area contributed by atoms with E-state index in [4.69, 9.17) is 4.98 Å². The van der Waals surface area contributed by atoms with Crippen LogP contribution >= 0.6 is 11.3 Å². The number of aromatic amines is 1. The first kappa shape index (κ1) is 22.9. The van der Waals surface area contributed by atoms with Crippen LogP contribution in [0.25, 0.3) is 10.9 Å². The van der Waals surface area contributed by atoms with Crippen LogP contribution in [0, 0.1) is 5.92 Å². The quantitative estimate of drug-likeness (QED) is 0.470. The highest BCUT2D eigenvalue weighted by molar-refractivity contribution is 7.11. The van der Waals surface area contributed by atoms with E-state index in [1.165, 1.54) is 10.9 Å². The number of likely N-dealkylation sites (tertiary alicyclic amines) is 1. The molecule has 4 nitrogen and oxygen atoms in total. The Labute approximate surface area is 196 Å². The Bertz CT molecular complexity index is 1100. The van der Waals surface area contributed by atoms with Crippen LogP contribution in [-0.2, 0) is 12.8 Å². The Kier molecular flexibility index (Phi) is 6.27. The van der Waals surface area contributed by atoms with Gasteiger partial charge in [-0.3, -0.25) is 9.29 Å². The molecule has 1 fully saturated rings. The number of aromatic nitrogens is 2. The van der Waals surface area contributed by atoms with Crippen LogP contribution in [0.3, 0.4) is 0 Å². The van der Waals surface area contributed by atoms with Crippen molar-refractivity contribution in [2.45, 2.75) is 51.1 Å². The van der Waals surface area contributed by atoms with E-state index in [9.17, 15) is 13.2 Å². The Morgan fingerprint density at radius 1 is 1.24 bits per heavy atom. The third kappa shape index (κ3) is 4.70. The Hall–Kier alpha value is -1.90. The standard InChI is InChI=1S/C25H31F3N4S/c1-16-10-19-18-6-3-4-7-20(18)30-23(19)24(32(16)15-25(2,27)28)21-12-29-22(33-21)11-17-13-31(14-17)9-5-8-26/h3-4,6-7,12,16-17,24,30H,5,8-11,13-15H2,1-2H3/t16-,24-/m1/s1. The molecule has 33 heavy (non-hydrogen) atoms. The first-order chi connectivity index (χ1) is 15.8. The van der Waals surface area contributed by atoms with E-state index in [-0.39, 0.29) is 25.3 Å². The summed E-state index contributed by atoms with van der Waals surface area (Å²) in [5.74, 6) is -2.24. The van der Waals surface area contributed by atoms with E-state index in [1.807, 2.05) is 30.2 Å². The number of H-pyrrole nitrogens is 1. The summed E-state index contributed by atoms with van der Waals surface area (Å²) in [4.78, 5) is 13.5. The van der Waals surface area contributed by atoms with Gasteiger partial charge in [0.1, 0.15) is 0 Å². The second-order valence-electron chi connectivity index (χ2n) is 9.79. The Balaban J connectivity index is 1.42. The fraction of sp³-hybridized carbons (Fsp3) is 0.560.